The van der Waals surface area contributed by atoms with Crippen LogP contribution in [0.1, 0.15) is 82.4 Å². The molecule has 5 rings (SSSR count). The SMILES string of the molecule is Cc1ccc(CCN(C)C(=O)c2ccc(-n3nc(C4CCCO4)c4c3CC(C)(C)CC4=O)nc2)cc1. The second-order valence-electron chi connectivity index (χ2n) is 10.9. The van der Waals surface area contributed by atoms with E-state index in [2.05, 4.69) is 50.0 Å². The topological polar surface area (TPSA) is 77.3 Å². The fraction of sp³-hybridized carbons (Fsp3) is 0.448. The molecule has 7 heteroatoms. The third-order valence-electron chi connectivity index (χ3n) is 7.22. The molecule has 1 unspecified atom stereocenters. The summed E-state index contributed by atoms with van der Waals surface area (Å²) in [6, 6.07) is 12.0. The van der Waals surface area contributed by atoms with Gasteiger partial charge < -0.3 is 9.64 Å². The summed E-state index contributed by atoms with van der Waals surface area (Å²) >= 11 is 0. The van der Waals surface area contributed by atoms with Gasteiger partial charge in [-0.05, 0) is 55.7 Å². The number of likely N-dealkylation sites (N-methyl/N-ethyl adjacent to an activating group) is 1. The van der Waals surface area contributed by atoms with Crippen LogP contribution >= 0.6 is 0 Å². The zero-order chi connectivity index (χ0) is 25.4. The van der Waals surface area contributed by atoms with Gasteiger partial charge in [-0.25, -0.2) is 9.67 Å². The Hall–Kier alpha value is -3.32. The number of hydrogen-bond acceptors (Lipinski definition) is 5. The number of aromatic nitrogens is 3. The minimum absolute atomic E-state index is 0.0694. The molecule has 7 nitrogen and oxygen atoms in total. The third kappa shape index (κ3) is 4.85. The molecule has 0 N–H and O–H groups in total. The van der Waals surface area contributed by atoms with E-state index in [0.717, 1.165) is 37.1 Å². The highest BCUT2D eigenvalue weighted by atomic mass is 16.5. The normalized spacial score (nSPS) is 18.8. The van der Waals surface area contributed by atoms with Crippen molar-refractivity contribution in [1.29, 1.82) is 0 Å². The Kier molecular flexibility index (Phi) is 6.51. The van der Waals surface area contributed by atoms with Gasteiger partial charge in [-0.15, -0.1) is 0 Å². The lowest BCUT2D eigenvalue weighted by atomic mass is 9.75. The molecule has 1 saturated heterocycles. The van der Waals surface area contributed by atoms with E-state index in [1.807, 2.05) is 13.1 Å². The van der Waals surface area contributed by atoms with E-state index in [1.165, 1.54) is 11.1 Å². The van der Waals surface area contributed by atoms with Crippen LogP contribution in [0.3, 0.4) is 0 Å². The maximum Gasteiger partial charge on any atom is 0.255 e. The van der Waals surface area contributed by atoms with Crippen LogP contribution in [-0.4, -0.2) is 51.6 Å². The maximum absolute atomic E-state index is 13.1. The number of ether oxygens (including phenoxy) is 1. The molecule has 36 heavy (non-hydrogen) atoms. The van der Waals surface area contributed by atoms with Crippen molar-refractivity contribution < 1.29 is 14.3 Å². The van der Waals surface area contributed by atoms with Crippen molar-refractivity contribution in [3.05, 3.63) is 76.2 Å². The van der Waals surface area contributed by atoms with E-state index in [4.69, 9.17) is 9.84 Å². The van der Waals surface area contributed by atoms with Gasteiger partial charge in [0, 0.05) is 32.8 Å². The molecular weight excluding hydrogens is 452 g/mol. The number of hydrogen-bond donors (Lipinski definition) is 0. The van der Waals surface area contributed by atoms with Gasteiger partial charge in [0.25, 0.3) is 5.91 Å². The summed E-state index contributed by atoms with van der Waals surface area (Å²) in [6.45, 7) is 7.60. The summed E-state index contributed by atoms with van der Waals surface area (Å²) < 4.78 is 7.69. The third-order valence-corrected chi connectivity index (χ3v) is 7.22. The Labute approximate surface area is 212 Å². The van der Waals surface area contributed by atoms with Crippen molar-refractivity contribution >= 4 is 11.7 Å². The first kappa shape index (κ1) is 24.4. The molecule has 1 aliphatic heterocycles. The van der Waals surface area contributed by atoms with E-state index in [1.54, 1.807) is 21.8 Å². The molecular formula is C29H34N4O3. The first-order valence-corrected chi connectivity index (χ1v) is 12.8. The van der Waals surface area contributed by atoms with Crippen LogP contribution in [0.25, 0.3) is 5.82 Å². The van der Waals surface area contributed by atoms with E-state index in [9.17, 15) is 9.59 Å². The lowest BCUT2D eigenvalue weighted by molar-refractivity contribution is 0.0795. The number of ketones is 1. The Morgan fingerprint density at radius 2 is 1.94 bits per heavy atom. The molecule has 0 radical (unpaired) electrons. The highest BCUT2D eigenvalue weighted by molar-refractivity contribution is 6.00. The van der Waals surface area contributed by atoms with E-state index in [-0.39, 0.29) is 23.2 Å². The fourth-order valence-electron chi connectivity index (χ4n) is 5.20. The molecule has 0 bridgehead atoms. The van der Waals surface area contributed by atoms with Gasteiger partial charge in [0.1, 0.15) is 11.8 Å². The fourth-order valence-corrected chi connectivity index (χ4v) is 5.20. The van der Waals surface area contributed by atoms with Crippen LogP contribution in [-0.2, 0) is 17.6 Å². The summed E-state index contributed by atoms with van der Waals surface area (Å²) in [4.78, 5) is 32.5. The highest BCUT2D eigenvalue weighted by Gasteiger charge is 2.39. The van der Waals surface area contributed by atoms with Gasteiger partial charge in [-0.3, -0.25) is 9.59 Å². The Balaban J connectivity index is 1.37. The van der Waals surface area contributed by atoms with Crippen molar-refractivity contribution in [1.82, 2.24) is 19.7 Å². The molecule has 188 valence electrons. The molecule has 1 aromatic carbocycles. The van der Waals surface area contributed by atoms with E-state index in [0.29, 0.717) is 36.5 Å². The van der Waals surface area contributed by atoms with Crippen LogP contribution in [0.2, 0.25) is 0 Å². The predicted octanol–water partition coefficient (Wildman–Crippen LogP) is 4.90. The summed E-state index contributed by atoms with van der Waals surface area (Å²) in [5.74, 6) is 0.667. The smallest absolute Gasteiger partial charge is 0.255 e. The molecule has 2 aliphatic rings. The number of pyridine rings is 1. The maximum atomic E-state index is 13.1. The molecule has 1 amide bonds. The van der Waals surface area contributed by atoms with Gasteiger partial charge in [-0.2, -0.15) is 5.10 Å². The molecule has 3 heterocycles. The number of aryl methyl sites for hydroxylation is 1. The Morgan fingerprint density at radius 3 is 2.61 bits per heavy atom. The largest absolute Gasteiger partial charge is 0.372 e. The molecule has 1 atom stereocenters. The molecule has 3 aromatic rings. The lowest BCUT2D eigenvalue weighted by Crippen LogP contribution is -2.29. The lowest BCUT2D eigenvalue weighted by Gasteiger charge is -2.29. The minimum atomic E-state index is -0.147. The molecule has 2 aromatic heterocycles. The monoisotopic (exact) mass is 486 g/mol. The van der Waals surface area contributed by atoms with Crippen LogP contribution in [0, 0.1) is 12.3 Å². The minimum Gasteiger partial charge on any atom is -0.372 e. The molecule has 1 aliphatic carbocycles. The van der Waals surface area contributed by atoms with Crippen LogP contribution in [0.15, 0.2) is 42.6 Å². The molecule has 1 fully saturated rings. The van der Waals surface area contributed by atoms with E-state index >= 15 is 0 Å². The highest BCUT2D eigenvalue weighted by Crippen LogP contribution is 2.40. The average molecular weight is 487 g/mol. The van der Waals surface area contributed by atoms with Crippen molar-refractivity contribution in [3.8, 4) is 5.82 Å². The molecule has 0 spiro atoms. The number of amides is 1. The zero-order valence-electron chi connectivity index (χ0n) is 21.6. The van der Waals surface area contributed by atoms with Crippen LogP contribution in [0.5, 0.6) is 0 Å². The quantitative estimate of drug-likeness (QED) is 0.495. The van der Waals surface area contributed by atoms with Gasteiger partial charge in [0.05, 0.1) is 16.8 Å². The number of carbonyl (C=O) groups excluding carboxylic acids is 2. The molecule has 0 saturated carbocycles. The summed E-state index contributed by atoms with van der Waals surface area (Å²) in [6.07, 6.45) is 5.33. The van der Waals surface area contributed by atoms with Gasteiger partial charge in [-0.1, -0.05) is 43.7 Å². The predicted molar refractivity (Wildman–Crippen MR) is 138 cm³/mol. The second-order valence-corrected chi connectivity index (χ2v) is 10.9. The Bertz CT molecular complexity index is 1270. The summed E-state index contributed by atoms with van der Waals surface area (Å²) in [5.41, 5.74) is 5.15. The van der Waals surface area contributed by atoms with E-state index < -0.39 is 0 Å². The summed E-state index contributed by atoms with van der Waals surface area (Å²) in [7, 11) is 1.82. The standard InChI is InChI=1S/C29H34N4O3/c1-19-7-9-20(10-8-19)13-14-32(4)28(35)21-11-12-25(30-18-21)33-22-16-29(2,3)17-23(34)26(22)27(31-33)24-6-5-15-36-24/h7-12,18,24H,5-6,13-17H2,1-4H3. The first-order chi connectivity index (χ1) is 17.2. The number of carbonyl (C=O) groups is 2. The van der Waals surface area contributed by atoms with Crippen molar-refractivity contribution in [2.45, 2.75) is 59.0 Å². The van der Waals surface area contributed by atoms with Crippen molar-refractivity contribution in [2.75, 3.05) is 20.2 Å². The number of Topliss-reactive ketones (excluding diaryl/α,β-unsaturated/α-hetero) is 1. The average Bonchev–Trinajstić information content (AvgIpc) is 3.51. The number of fused-ring (bicyclic) bond motifs is 1. The van der Waals surface area contributed by atoms with Crippen molar-refractivity contribution in [2.24, 2.45) is 5.41 Å². The number of benzene rings is 1. The Morgan fingerprint density at radius 1 is 1.17 bits per heavy atom. The summed E-state index contributed by atoms with van der Waals surface area (Å²) in [5, 5.41) is 4.85. The first-order valence-electron chi connectivity index (χ1n) is 12.8. The van der Waals surface area contributed by atoms with Gasteiger partial charge >= 0.3 is 0 Å². The zero-order valence-corrected chi connectivity index (χ0v) is 21.6. The number of nitrogens with zero attached hydrogens (tertiary/aromatic N) is 4. The second kappa shape index (κ2) is 9.62. The number of rotatable bonds is 6. The van der Waals surface area contributed by atoms with Gasteiger partial charge in [0.2, 0.25) is 0 Å². The van der Waals surface area contributed by atoms with Crippen LogP contribution < -0.4 is 0 Å². The van der Waals surface area contributed by atoms with Crippen LogP contribution in [0.4, 0.5) is 0 Å². The van der Waals surface area contributed by atoms with Crippen molar-refractivity contribution in [3.63, 3.8) is 0 Å². The van der Waals surface area contributed by atoms with Gasteiger partial charge in [0.15, 0.2) is 11.6 Å².